The van der Waals surface area contributed by atoms with Gasteiger partial charge in [-0.25, -0.2) is 0 Å². The average molecular weight is 358 g/mol. The highest BCUT2D eigenvalue weighted by atomic mass is 16.5. The Morgan fingerprint density at radius 1 is 1.00 bits per heavy atom. The first kappa shape index (κ1) is 19.7. The molecule has 2 N–H and O–H groups in total. The second-order valence-electron chi connectivity index (χ2n) is 6.08. The highest BCUT2D eigenvalue weighted by Gasteiger charge is 2.24. The lowest BCUT2D eigenvalue weighted by atomic mass is 9.88. The first-order valence-corrected chi connectivity index (χ1v) is 8.37. The summed E-state index contributed by atoms with van der Waals surface area (Å²) in [4.78, 5) is 0. The number of hydrogen-bond acceptors (Lipinski definition) is 5. The van der Waals surface area contributed by atoms with Gasteiger partial charge in [0.15, 0.2) is 23.0 Å². The van der Waals surface area contributed by atoms with Gasteiger partial charge in [-0.3, -0.25) is 0 Å². The van der Waals surface area contributed by atoms with Gasteiger partial charge in [0.1, 0.15) is 0 Å². The van der Waals surface area contributed by atoms with Crippen LogP contribution in [0.5, 0.6) is 23.0 Å². The summed E-state index contributed by atoms with van der Waals surface area (Å²) >= 11 is 0. The zero-order valence-electron chi connectivity index (χ0n) is 15.7. The maximum Gasteiger partial charge on any atom is 0.161 e. The lowest BCUT2D eigenvalue weighted by Crippen LogP contribution is -2.09. The molecule has 0 aromatic heterocycles. The number of benzene rings is 2. The van der Waals surface area contributed by atoms with E-state index < -0.39 is 6.10 Å². The molecule has 0 saturated heterocycles. The van der Waals surface area contributed by atoms with E-state index in [1.165, 1.54) is 7.11 Å². The van der Waals surface area contributed by atoms with E-state index in [0.717, 1.165) is 5.56 Å². The summed E-state index contributed by atoms with van der Waals surface area (Å²) in [7, 11) is 4.62. The van der Waals surface area contributed by atoms with Crippen LogP contribution in [-0.4, -0.2) is 31.5 Å². The predicted octanol–water partition coefficient (Wildman–Crippen LogP) is 3.98. The van der Waals surface area contributed by atoms with Crippen LogP contribution >= 0.6 is 0 Å². The van der Waals surface area contributed by atoms with Crippen LogP contribution in [0.2, 0.25) is 0 Å². The van der Waals surface area contributed by atoms with E-state index in [1.54, 1.807) is 44.6 Å². The number of hydrogen-bond donors (Lipinski definition) is 2. The van der Waals surface area contributed by atoms with Crippen molar-refractivity contribution in [3.63, 3.8) is 0 Å². The van der Waals surface area contributed by atoms with Crippen molar-refractivity contribution < 1.29 is 24.4 Å². The molecule has 0 unspecified atom stereocenters. The molecule has 0 spiro atoms. The molecule has 0 radical (unpaired) electrons. The monoisotopic (exact) mass is 358 g/mol. The van der Waals surface area contributed by atoms with E-state index in [-0.39, 0.29) is 11.7 Å². The third-order valence-corrected chi connectivity index (χ3v) is 4.48. The van der Waals surface area contributed by atoms with E-state index in [4.69, 9.17) is 14.2 Å². The van der Waals surface area contributed by atoms with E-state index in [2.05, 4.69) is 6.58 Å². The third kappa shape index (κ3) is 3.94. The van der Waals surface area contributed by atoms with Gasteiger partial charge in [-0.2, -0.15) is 0 Å². The van der Waals surface area contributed by atoms with Gasteiger partial charge in [0, 0.05) is 11.5 Å². The number of aromatic hydroxyl groups is 1. The molecular formula is C21H26O5. The highest BCUT2D eigenvalue weighted by molar-refractivity contribution is 5.51. The predicted molar refractivity (Wildman–Crippen MR) is 101 cm³/mol. The van der Waals surface area contributed by atoms with Crippen LogP contribution in [0.4, 0.5) is 0 Å². The number of methoxy groups -OCH3 is 3. The van der Waals surface area contributed by atoms with Crippen LogP contribution in [0.25, 0.3) is 0 Å². The number of ether oxygens (including phenoxy) is 3. The molecule has 0 aliphatic carbocycles. The quantitative estimate of drug-likeness (QED) is 0.699. The molecule has 0 amide bonds. The number of rotatable bonds is 8. The Balaban J connectivity index is 2.43. The molecule has 0 aliphatic heterocycles. The lowest BCUT2D eigenvalue weighted by molar-refractivity contribution is 0.149. The van der Waals surface area contributed by atoms with Gasteiger partial charge in [0.05, 0.1) is 27.4 Å². The first-order chi connectivity index (χ1) is 12.5. The highest BCUT2D eigenvalue weighted by Crippen LogP contribution is 2.42. The normalized spacial score (nSPS) is 13.0. The minimum Gasteiger partial charge on any atom is -0.504 e. The molecule has 0 heterocycles. The molecule has 0 aliphatic rings. The van der Waals surface area contributed by atoms with Crippen molar-refractivity contribution in [2.75, 3.05) is 21.3 Å². The molecule has 5 heteroatoms. The van der Waals surface area contributed by atoms with E-state index >= 15 is 0 Å². The van der Waals surface area contributed by atoms with Crippen molar-refractivity contribution in [1.29, 1.82) is 0 Å². The molecular weight excluding hydrogens is 332 g/mol. The fourth-order valence-electron chi connectivity index (χ4n) is 2.97. The van der Waals surface area contributed by atoms with Gasteiger partial charge >= 0.3 is 0 Å². The Kier molecular flexibility index (Phi) is 6.52. The van der Waals surface area contributed by atoms with Crippen LogP contribution in [0, 0.1) is 0 Å². The van der Waals surface area contributed by atoms with Gasteiger partial charge in [0.2, 0.25) is 0 Å². The number of phenolic OH excluding ortho intramolecular Hbond substituents is 1. The zero-order valence-corrected chi connectivity index (χ0v) is 15.7. The Morgan fingerprint density at radius 2 is 1.65 bits per heavy atom. The molecule has 5 nitrogen and oxygen atoms in total. The number of phenols is 1. The molecule has 2 rings (SSSR count). The fraction of sp³-hybridized carbons (Fsp3) is 0.333. The molecule has 2 aromatic rings. The molecule has 0 fully saturated rings. The summed E-state index contributed by atoms with van der Waals surface area (Å²) in [6.45, 7) is 5.60. The smallest absolute Gasteiger partial charge is 0.161 e. The SMILES string of the molecule is C=CCc1cc(OC)c(O)c([C@H](C)[C@H](O)c2ccc(OC)c(OC)c2)c1. The van der Waals surface area contributed by atoms with Crippen molar-refractivity contribution in [3.05, 3.63) is 59.7 Å². The summed E-state index contributed by atoms with van der Waals surface area (Å²) in [6, 6.07) is 8.91. The second-order valence-corrected chi connectivity index (χ2v) is 6.08. The fourth-order valence-corrected chi connectivity index (χ4v) is 2.97. The van der Waals surface area contributed by atoms with Crippen molar-refractivity contribution in [2.24, 2.45) is 0 Å². The Labute approximate surface area is 154 Å². The second kappa shape index (κ2) is 8.63. The van der Waals surface area contributed by atoms with Gasteiger partial charge < -0.3 is 24.4 Å². The van der Waals surface area contributed by atoms with Crippen molar-refractivity contribution in [3.8, 4) is 23.0 Å². The van der Waals surface area contributed by atoms with Gasteiger partial charge in [0.25, 0.3) is 0 Å². The third-order valence-electron chi connectivity index (χ3n) is 4.48. The van der Waals surface area contributed by atoms with Crippen molar-refractivity contribution in [1.82, 2.24) is 0 Å². The average Bonchev–Trinajstić information content (AvgIpc) is 2.67. The first-order valence-electron chi connectivity index (χ1n) is 8.37. The van der Waals surface area contributed by atoms with Gasteiger partial charge in [-0.15, -0.1) is 6.58 Å². The number of aliphatic hydroxyl groups excluding tert-OH is 1. The van der Waals surface area contributed by atoms with Crippen LogP contribution in [0.1, 0.15) is 35.6 Å². The van der Waals surface area contributed by atoms with Crippen LogP contribution in [0.15, 0.2) is 43.0 Å². The summed E-state index contributed by atoms with van der Waals surface area (Å²) in [5.74, 6) is 1.18. The molecule has 0 bridgehead atoms. The maximum atomic E-state index is 10.9. The Bertz CT molecular complexity index is 769. The lowest BCUT2D eigenvalue weighted by Gasteiger charge is -2.23. The maximum absolute atomic E-state index is 10.9. The van der Waals surface area contributed by atoms with E-state index in [1.807, 2.05) is 13.0 Å². The molecule has 26 heavy (non-hydrogen) atoms. The largest absolute Gasteiger partial charge is 0.504 e. The minimum absolute atomic E-state index is 0.0346. The molecule has 0 saturated carbocycles. The Morgan fingerprint density at radius 3 is 2.23 bits per heavy atom. The zero-order chi connectivity index (χ0) is 19.3. The summed E-state index contributed by atoms with van der Waals surface area (Å²) < 4.78 is 15.8. The summed E-state index contributed by atoms with van der Waals surface area (Å²) in [5, 5.41) is 21.4. The van der Waals surface area contributed by atoms with Crippen molar-refractivity contribution >= 4 is 0 Å². The van der Waals surface area contributed by atoms with Crippen LogP contribution < -0.4 is 14.2 Å². The molecule has 2 atom stereocenters. The van der Waals surface area contributed by atoms with E-state index in [9.17, 15) is 10.2 Å². The van der Waals surface area contributed by atoms with Crippen LogP contribution in [0.3, 0.4) is 0 Å². The van der Waals surface area contributed by atoms with Gasteiger partial charge in [-0.05, 0) is 35.7 Å². The van der Waals surface area contributed by atoms with E-state index in [0.29, 0.717) is 34.8 Å². The minimum atomic E-state index is -0.843. The molecule has 2 aromatic carbocycles. The van der Waals surface area contributed by atoms with Gasteiger partial charge in [-0.1, -0.05) is 25.1 Å². The number of allylic oxidation sites excluding steroid dienone is 1. The number of aliphatic hydroxyl groups is 1. The van der Waals surface area contributed by atoms with Crippen LogP contribution in [-0.2, 0) is 6.42 Å². The standard InChI is InChI=1S/C21H26O5/c1-6-7-14-10-16(21(23)19(11-14)26-5)13(2)20(22)15-8-9-17(24-3)18(12-15)25-4/h6,8-13,20,22-23H,1,7H2,2-5H3/t13-,20-/m0/s1. The van der Waals surface area contributed by atoms with Crippen molar-refractivity contribution in [2.45, 2.75) is 25.4 Å². The Hall–Kier alpha value is -2.66. The molecule has 140 valence electrons. The topological polar surface area (TPSA) is 68.2 Å². The summed E-state index contributed by atoms with van der Waals surface area (Å²) in [6.07, 6.45) is 1.58. The summed E-state index contributed by atoms with van der Waals surface area (Å²) in [5.41, 5.74) is 2.24.